The highest BCUT2D eigenvalue weighted by atomic mass is 15.3. The van der Waals surface area contributed by atoms with Crippen LogP contribution >= 0.6 is 0 Å². The quantitative estimate of drug-likeness (QED) is 0.731. The maximum absolute atomic E-state index is 3.48. The molecule has 1 atom stereocenters. The lowest BCUT2D eigenvalue weighted by atomic mass is 10.0. The lowest BCUT2D eigenvalue weighted by molar-refractivity contribution is 0.0880. The average molecular weight is 213 g/mol. The van der Waals surface area contributed by atoms with E-state index in [9.17, 15) is 0 Å². The fourth-order valence-corrected chi connectivity index (χ4v) is 2.23. The molecule has 0 bridgehead atoms. The molecule has 0 radical (unpaired) electrons. The van der Waals surface area contributed by atoms with Crippen LogP contribution in [0, 0.1) is 5.92 Å². The minimum absolute atomic E-state index is 0.707. The van der Waals surface area contributed by atoms with Gasteiger partial charge >= 0.3 is 0 Å². The van der Waals surface area contributed by atoms with Crippen molar-refractivity contribution in [1.29, 1.82) is 0 Å². The van der Waals surface area contributed by atoms with Gasteiger partial charge in [-0.1, -0.05) is 20.8 Å². The van der Waals surface area contributed by atoms with Crippen molar-refractivity contribution in [2.75, 3.05) is 46.3 Å². The molecule has 1 rings (SSSR count). The second-order valence-corrected chi connectivity index (χ2v) is 4.96. The SMILES string of the molecule is CCNCC(C(C)C)N1CCN(C)CC1. The Labute approximate surface area is 94.8 Å². The van der Waals surface area contributed by atoms with Crippen molar-refractivity contribution in [3.8, 4) is 0 Å². The van der Waals surface area contributed by atoms with Gasteiger partial charge in [-0.2, -0.15) is 0 Å². The van der Waals surface area contributed by atoms with Gasteiger partial charge in [-0.05, 0) is 19.5 Å². The van der Waals surface area contributed by atoms with E-state index in [-0.39, 0.29) is 0 Å². The minimum atomic E-state index is 0.707. The first-order valence-electron chi connectivity index (χ1n) is 6.28. The molecule has 1 unspecified atom stereocenters. The molecule has 0 aromatic carbocycles. The average Bonchev–Trinajstić information content (AvgIpc) is 2.21. The summed E-state index contributed by atoms with van der Waals surface area (Å²) in [4.78, 5) is 5.06. The van der Waals surface area contributed by atoms with Crippen LogP contribution in [0.2, 0.25) is 0 Å². The second-order valence-electron chi connectivity index (χ2n) is 4.96. The highest BCUT2D eigenvalue weighted by Crippen LogP contribution is 2.12. The van der Waals surface area contributed by atoms with Gasteiger partial charge < -0.3 is 10.2 Å². The predicted octanol–water partition coefficient (Wildman–Crippen LogP) is 0.868. The maximum Gasteiger partial charge on any atom is 0.0244 e. The van der Waals surface area contributed by atoms with Crippen LogP contribution in [0.5, 0.6) is 0 Å². The van der Waals surface area contributed by atoms with Crippen LogP contribution in [0.4, 0.5) is 0 Å². The predicted molar refractivity (Wildman–Crippen MR) is 66.2 cm³/mol. The maximum atomic E-state index is 3.48. The zero-order chi connectivity index (χ0) is 11.3. The molecule has 3 nitrogen and oxygen atoms in total. The number of rotatable bonds is 5. The smallest absolute Gasteiger partial charge is 0.0244 e. The van der Waals surface area contributed by atoms with Crippen LogP contribution in [-0.2, 0) is 0 Å². The normalized spacial score (nSPS) is 22.2. The van der Waals surface area contributed by atoms with Gasteiger partial charge in [0, 0.05) is 38.8 Å². The third-order valence-electron chi connectivity index (χ3n) is 3.38. The molecule has 1 heterocycles. The first-order chi connectivity index (χ1) is 7.15. The molecule has 1 aliphatic rings. The Bertz CT molecular complexity index is 162. The number of likely N-dealkylation sites (N-methyl/N-ethyl adjacent to an activating group) is 2. The van der Waals surface area contributed by atoms with Crippen molar-refractivity contribution < 1.29 is 0 Å². The van der Waals surface area contributed by atoms with E-state index in [1.165, 1.54) is 26.2 Å². The third kappa shape index (κ3) is 4.09. The van der Waals surface area contributed by atoms with Gasteiger partial charge in [-0.25, -0.2) is 0 Å². The fourth-order valence-electron chi connectivity index (χ4n) is 2.23. The van der Waals surface area contributed by atoms with Crippen molar-refractivity contribution in [3.05, 3.63) is 0 Å². The van der Waals surface area contributed by atoms with E-state index in [1.54, 1.807) is 0 Å². The number of nitrogens with one attached hydrogen (secondary N) is 1. The Balaban J connectivity index is 2.41. The minimum Gasteiger partial charge on any atom is -0.315 e. The van der Waals surface area contributed by atoms with Gasteiger partial charge in [0.25, 0.3) is 0 Å². The van der Waals surface area contributed by atoms with E-state index in [0.29, 0.717) is 6.04 Å². The van der Waals surface area contributed by atoms with Crippen molar-refractivity contribution in [1.82, 2.24) is 15.1 Å². The largest absolute Gasteiger partial charge is 0.315 e. The second kappa shape index (κ2) is 6.46. The molecule has 0 aromatic heterocycles. The van der Waals surface area contributed by atoms with Crippen LogP contribution in [-0.4, -0.2) is 62.2 Å². The molecule has 1 fully saturated rings. The summed E-state index contributed by atoms with van der Waals surface area (Å²) >= 11 is 0. The Morgan fingerprint density at radius 2 is 1.73 bits per heavy atom. The molecule has 0 amide bonds. The van der Waals surface area contributed by atoms with Gasteiger partial charge in [0.2, 0.25) is 0 Å². The number of piperazine rings is 1. The van der Waals surface area contributed by atoms with Crippen LogP contribution in [0.3, 0.4) is 0 Å². The molecule has 0 aromatic rings. The number of hydrogen-bond acceptors (Lipinski definition) is 3. The van der Waals surface area contributed by atoms with Crippen molar-refractivity contribution in [2.45, 2.75) is 26.8 Å². The summed E-state index contributed by atoms with van der Waals surface area (Å²) in [5.74, 6) is 0.743. The van der Waals surface area contributed by atoms with E-state index in [1.807, 2.05) is 0 Å². The van der Waals surface area contributed by atoms with Gasteiger partial charge in [-0.15, -0.1) is 0 Å². The summed E-state index contributed by atoms with van der Waals surface area (Å²) in [5, 5.41) is 3.48. The van der Waals surface area contributed by atoms with E-state index in [2.05, 4.69) is 42.9 Å². The van der Waals surface area contributed by atoms with Gasteiger partial charge in [0.05, 0.1) is 0 Å². The van der Waals surface area contributed by atoms with Crippen LogP contribution < -0.4 is 5.32 Å². The standard InChI is InChI=1S/C12H27N3/c1-5-13-10-12(11(2)3)15-8-6-14(4)7-9-15/h11-13H,5-10H2,1-4H3. The summed E-state index contributed by atoms with van der Waals surface area (Å²) in [6.07, 6.45) is 0. The first kappa shape index (κ1) is 12.9. The molecule has 1 aliphatic heterocycles. The van der Waals surface area contributed by atoms with E-state index < -0.39 is 0 Å². The Morgan fingerprint density at radius 3 is 2.20 bits per heavy atom. The van der Waals surface area contributed by atoms with Crippen molar-refractivity contribution >= 4 is 0 Å². The molecule has 90 valence electrons. The summed E-state index contributed by atoms with van der Waals surface area (Å²) < 4.78 is 0. The zero-order valence-electron chi connectivity index (χ0n) is 10.8. The molecule has 0 spiro atoms. The molecule has 1 saturated heterocycles. The first-order valence-corrected chi connectivity index (χ1v) is 6.28. The molecule has 0 aliphatic carbocycles. The topological polar surface area (TPSA) is 18.5 Å². The third-order valence-corrected chi connectivity index (χ3v) is 3.38. The molecular weight excluding hydrogens is 186 g/mol. The van der Waals surface area contributed by atoms with Crippen molar-refractivity contribution in [2.24, 2.45) is 5.92 Å². The molecule has 0 saturated carbocycles. The zero-order valence-corrected chi connectivity index (χ0v) is 10.8. The monoisotopic (exact) mass is 213 g/mol. The number of nitrogens with zero attached hydrogens (tertiary/aromatic N) is 2. The van der Waals surface area contributed by atoms with Gasteiger partial charge in [-0.3, -0.25) is 4.90 Å². The van der Waals surface area contributed by atoms with E-state index in [4.69, 9.17) is 0 Å². The highest BCUT2D eigenvalue weighted by molar-refractivity contribution is 4.81. The molecule has 1 N–H and O–H groups in total. The van der Waals surface area contributed by atoms with Gasteiger partial charge in [0.1, 0.15) is 0 Å². The Hall–Kier alpha value is -0.120. The van der Waals surface area contributed by atoms with E-state index >= 15 is 0 Å². The highest BCUT2D eigenvalue weighted by Gasteiger charge is 2.24. The fraction of sp³-hybridized carbons (Fsp3) is 1.00. The van der Waals surface area contributed by atoms with Gasteiger partial charge in [0.15, 0.2) is 0 Å². The number of hydrogen-bond donors (Lipinski definition) is 1. The lowest BCUT2D eigenvalue weighted by Gasteiger charge is -2.40. The lowest BCUT2D eigenvalue weighted by Crippen LogP contribution is -2.53. The summed E-state index contributed by atoms with van der Waals surface area (Å²) in [6.45, 7) is 14.0. The van der Waals surface area contributed by atoms with Crippen LogP contribution in [0.25, 0.3) is 0 Å². The summed E-state index contributed by atoms with van der Waals surface area (Å²) in [6, 6.07) is 0.707. The molecule has 15 heavy (non-hydrogen) atoms. The summed E-state index contributed by atoms with van der Waals surface area (Å²) in [5.41, 5.74) is 0. The Morgan fingerprint density at radius 1 is 1.13 bits per heavy atom. The molecular formula is C12H27N3. The van der Waals surface area contributed by atoms with E-state index in [0.717, 1.165) is 19.0 Å². The summed E-state index contributed by atoms with van der Waals surface area (Å²) in [7, 11) is 2.21. The Kier molecular flexibility index (Phi) is 5.58. The van der Waals surface area contributed by atoms with Crippen LogP contribution in [0.15, 0.2) is 0 Å². The molecule has 3 heteroatoms. The van der Waals surface area contributed by atoms with Crippen LogP contribution in [0.1, 0.15) is 20.8 Å². The van der Waals surface area contributed by atoms with Crippen molar-refractivity contribution in [3.63, 3.8) is 0 Å².